The van der Waals surface area contributed by atoms with Crippen molar-refractivity contribution in [2.24, 2.45) is 11.8 Å². The van der Waals surface area contributed by atoms with Crippen molar-refractivity contribution in [1.29, 1.82) is 0 Å². The number of fused-ring (bicyclic) bond motifs is 2. The second kappa shape index (κ2) is 15.9. The van der Waals surface area contributed by atoms with Crippen LogP contribution in [-0.4, -0.2) is 80.3 Å². The van der Waals surface area contributed by atoms with Crippen molar-refractivity contribution in [1.82, 2.24) is 15.1 Å². The van der Waals surface area contributed by atoms with Gasteiger partial charge in [0.2, 0.25) is 11.8 Å². The van der Waals surface area contributed by atoms with Crippen LogP contribution in [0.25, 0.3) is 0 Å². The van der Waals surface area contributed by atoms with Crippen LogP contribution in [-0.2, 0) is 30.9 Å². The summed E-state index contributed by atoms with van der Waals surface area (Å²) in [4.78, 5) is 44.7. The number of hydrogen-bond acceptors (Lipinski definition) is 6. The maximum Gasteiger partial charge on any atom is 0.410 e. The van der Waals surface area contributed by atoms with E-state index in [-0.39, 0.29) is 24.9 Å². The zero-order valence-corrected chi connectivity index (χ0v) is 29.6. The average molecular weight is 670 g/mol. The Morgan fingerprint density at radius 2 is 1.51 bits per heavy atom. The highest BCUT2D eigenvalue weighted by Crippen LogP contribution is 2.50. The summed E-state index contributed by atoms with van der Waals surface area (Å²) in [6, 6.07) is 26.1. The number of carbonyl (C=O) groups excluding carboxylic acids is 3. The van der Waals surface area contributed by atoms with E-state index in [9.17, 15) is 14.4 Å². The summed E-state index contributed by atoms with van der Waals surface area (Å²) in [7, 11) is 3.50. The van der Waals surface area contributed by atoms with E-state index >= 15 is 0 Å². The number of hydrogen-bond donors (Lipinski definition) is 1. The molecule has 0 saturated carbocycles. The molecule has 2 unspecified atom stereocenters. The molecule has 9 nitrogen and oxygen atoms in total. The predicted octanol–water partition coefficient (Wildman–Crippen LogP) is 6.59. The standard InChI is InChI=1S/C40H51N3O6/c1-39(2,3)49-38(46)43-26-30(25-31(27-43)37(45)42(4)23-21-29-15-7-6-8-16-29)36(44)41-28-40(22-13-14-24-47-5)32-17-9-11-19-34(32)48-35-20-12-10-18-33(35)40/h6-12,15-20,30-31H,13-14,21-28H2,1-5H3,(H,41,44). The molecule has 1 saturated heterocycles. The fourth-order valence-corrected chi connectivity index (χ4v) is 7.08. The third-order valence-corrected chi connectivity index (χ3v) is 9.57. The zero-order valence-electron chi connectivity index (χ0n) is 29.6. The van der Waals surface area contributed by atoms with Crippen molar-refractivity contribution in [3.8, 4) is 11.5 Å². The van der Waals surface area contributed by atoms with Crippen molar-refractivity contribution in [3.63, 3.8) is 0 Å². The molecule has 2 atom stereocenters. The van der Waals surface area contributed by atoms with Gasteiger partial charge in [-0.25, -0.2) is 4.79 Å². The number of nitrogens with one attached hydrogen (secondary N) is 1. The molecule has 3 aromatic rings. The van der Waals surface area contributed by atoms with E-state index in [1.807, 2.05) is 87.5 Å². The molecule has 0 radical (unpaired) electrons. The fourth-order valence-electron chi connectivity index (χ4n) is 7.08. The van der Waals surface area contributed by atoms with Crippen molar-refractivity contribution < 1.29 is 28.6 Å². The Kier molecular flexibility index (Phi) is 11.7. The molecule has 262 valence electrons. The highest BCUT2D eigenvalue weighted by molar-refractivity contribution is 5.84. The number of likely N-dealkylation sites (tertiary alicyclic amines) is 1. The summed E-state index contributed by atoms with van der Waals surface area (Å²) in [6.07, 6.45) is 3.08. The number of likely N-dealkylation sites (N-methyl/N-ethyl adjacent to an activating group) is 1. The number of rotatable bonds is 12. The highest BCUT2D eigenvalue weighted by Gasteiger charge is 2.44. The Morgan fingerprint density at radius 3 is 2.14 bits per heavy atom. The van der Waals surface area contributed by atoms with Crippen LogP contribution < -0.4 is 10.1 Å². The SMILES string of the molecule is COCCCCC1(CNC(=O)C2CC(C(=O)N(C)CCc3ccccc3)CN(C(=O)OC(C)(C)C)C2)c2ccccc2Oc2ccccc21. The highest BCUT2D eigenvalue weighted by atomic mass is 16.6. The number of methoxy groups -OCH3 is 1. The number of benzene rings is 3. The molecule has 1 fully saturated rings. The molecule has 49 heavy (non-hydrogen) atoms. The Morgan fingerprint density at radius 1 is 0.898 bits per heavy atom. The lowest BCUT2D eigenvalue weighted by atomic mass is 9.69. The molecule has 9 heteroatoms. The van der Waals surface area contributed by atoms with Gasteiger partial charge in [0.05, 0.1) is 11.8 Å². The zero-order chi connectivity index (χ0) is 35.0. The molecule has 2 heterocycles. The molecule has 0 bridgehead atoms. The normalized spacial score (nSPS) is 18.0. The van der Waals surface area contributed by atoms with Gasteiger partial charge in [-0.15, -0.1) is 0 Å². The molecule has 1 N–H and O–H groups in total. The molecular formula is C40H51N3O6. The Hall–Kier alpha value is -4.37. The monoisotopic (exact) mass is 669 g/mol. The molecule has 0 spiro atoms. The smallest absolute Gasteiger partial charge is 0.410 e. The van der Waals surface area contributed by atoms with Crippen LogP contribution in [0.4, 0.5) is 4.79 Å². The summed E-state index contributed by atoms with van der Waals surface area (Å²) < 4.78 is 17.4. The second-order valence-corrected chi connectivity index (χ2v) is 14.4. The lowest BCUT2D eigenvalue weighted by molar-refractivity contribution is -0.138. The second-order valence-electron chi connectivity index (χ2n) is 14.4. The van der Waals surface area contributed by atoms with Gasteiger partial charge in [-0.1, -0.05) is 66.7 Å². The first-order valence-corrected chi connectivity index (χ1v) is 17.4. The lowest BCUT2D eigenvalue weighted by Crippen LogP contribution is -2.54. The van der Waals surface area contributed by atoms with Crippen molar-refractivity contribution in [3.05, 3.63) is 95.6 Å². The van der Waals surface area contributed by atoms with Gasteiger partial charge in [-0.05, 0) is 70.6 Å². The van der Waals surface area contributed by atoms with Crippen LogP contribution in [0.1, 0.15) is 63.1 Å². The van der Waals surface area contributed by atoms with Crippen LogP contribution in [0.5, 0.6) is 11.5 Å². The van der Waals surface area contributed by atoms with E-state index in [0.717, 1.165) is 47.5 Å². The number of piperidine rings is 1. The Labute approximate surface area is 290 Å². The van der Waals surface area contributed by atoms with Gasteiger partial charge in [-0.3, -0.25) is 9.59 Å². The summed E-state index contributed by atoms with van der Waals surface area (Å²) >= 11 is 0. The van der Waals surface area contributed by atoms with Gasteiger partial charge >= 0.3 is 6.09 Å². The van der Waals surface area contributed by atoms with Crippen molar-refractivity contribution >= 4 is 17.9 Å². The van der Waals surface area contributed by atoms with Gasteiger partial charge in [0.25, 0.3) is 0 Å². The van der Waals surface area contributed by atoms with Gasteiger partial charge in [-0.2, -0.15) is 0 Å². The number of ether oxygens (including phenoxy) is 3. The maximum absolute atomic E-state index is 14.2. The summed E-state index contributed by atoms with van der Waals surface area (Å²) in [6.45, 7) is 7.35. The first-order valence-electron chi connectivity index (χ1n) is 17.4. The summed E-state index contributed by atoms with van der Waals surface area (Å²) in [5.74, 6) is 0.166. The average Bonchev–Trinajstić information content (AvgIpc) is 3.10. The molecule has 3 aromatic carbocycles. The van der Waals surface area contributed by atoms with E-state index in [4.69, 9.17) is 14.2 Å². The number of para-hydroxylation sites is 2. The first-order chi connectivity index (χ1) is 23.5. The molecule has 0 aliphatic carbocycles. The van der Waals surface area contributed by atoms with Crippen LogP contribution in [0.2, 0.25) is 0 Å². The molecule has 3 amide bonds. The molecule has 2 aliphatic rings. The molecule has 5 rings (SSSR count). The van der Waals surface area contributed by atoms with E-state index in [0.29, 0.717) is 32.5 Å². The maximum atomic E-state index is 14.2. The topological polar surface area (TPSA) is 97.4 Å². The fraction of sp³-hybridized carbons (Fsp3) is 0.475. The van der Waals surface area contributed by atoms with Gasteiger partial charge in [0.1, 0.15) is 17.1 Å². The molecular weight excluding hydrogens is 618 g/mol. The van der Waals surface area contributed by atoms with E-state index in [1.165, 1.54) is 4.90 Å². The molecule has 2 aliphatic heterocycles. The van der Waals surface area contributed by atoms with Crippen LogP contribution in [0.15, 0.2) is 78.9 Å². The van der Waals surface area contributed by atoms with E-state index in [2.05, 4.69) is 17.4 Å². The van der Waals surface area contributed by atoms with Crippen LogP contribution in [0.3, 0.4) is 0 Å². The van der Waals surface area contributed by atoms with Gasteiger partial charge in [0.15, 0.2) is 0 Å². The third-order valence-electron chi connectivity index (χ3n) is 9.57. The van der Waals surface area contributed by atoms with Crippen LogP contribution >= 0.6 is 0 Å². The number of carbonyl (C=O) groups is 3. The predicted molar refractivity (Wildman–Crippen MR) is 190 cm³/mol. The van der Waals surface area contributed by atoms with E-state index in [1.54, 1.807) is 19.1 Å². The number of nitrogens with zero attached hydrogens (tertiary/aromatic N) is 2. The molecule has 0 aromatic heterocycles. The lowest BCUT2D eigenvalue weighted by Gasteiger charge is -2.42. The third kappa shape index (κ3) is 8.81. The van der Waals surface area contributed by atoms with Crippen molar-refractivity contribution in [2.45, 2.75) is 63.9 Å². The first kappa shape index (κ1) is 35.9. The van der Waals surface area contributed by atoms with Crippen LogP contribution in [0, 0.1) is 11.8 Å². The Balaban J connectivity index is 1.38. The minimum atomic E-state index is -0.711. The largest absolute Gasteiger partial charge is 0.457 e. The minimum Gasteiger partial charge on any atom is -0.457 e. The number of unbranched alkanes of at least 4 members (excludes halogenated alkanes) is 1. The van der Waals surface area contributed by atoms with E-state index < -0.39 is 28.9 Å². The van der Waals surface area contributed by atoms with Gasteiger partial charge in [0, 0.05) is 63.5 Å². The summed E-state index contributed by atoms with van der Waals surface area (Å²) in [5, 5.41) is 3.30. The van der Waals surface area contributed by atoms with Gasteiger partial charge < -0.3 is 29.3 Å². The quantitative estimate of drug-likeness (QED) is 0.219. The summed E-state index contributed by atoms with van der Waals surface area (Å²) in [5.41, 5.74) is 1.95. The Bertz CT molecular complexity index is 1540. The van der Waals surface area contributed by atoms with Crippen molar-refractivity contribution in [2.75, 3.05) is 46.9 Å². The number of amides is 3. The minimum absolute atomic E-state index is 0.0797.